The summed E-state index contributed by atoms with van der Waals surface area (Å²) < 4.78 is 0. The predicted octanol–water partition coefficient (Wildman–Crippen LogP) is 3.23. The molecule has 140 valence electrons. The number of aliphatic imine (C=N–C) groups is 1. The minimum absolute atomic E-state index is 0.0966. The lowest BCUT2D eigenvalue weighted by atomic mass is 9.86. The quantitative estimate of drug-likeness (QED) is 0.854. The van der Waals surface area contributed by atoms with Crippen molar-refractivity contribution < 1.29 is 4.79 Å². The van der Waals surface area contributed by atoms with E-state index in [9.17, 15) is 4.79 Å². The van der Waals surface area contributed by atoms with Gasteiger partial charge in [0.25, 0.3) is 5.91 Å². The summed E-state index contributed by atoms with van der Waals surface area (Å²) in [5, 5.41) is 5.44. The van der Waals surface area contributed by atoms with Gasteiger partial charge in [0.15, 0.2) is 5.17 Å². The third-order valence-corrected chi connectivity index (χ3v) is 6.51. The van der Waals surface area contributed by atoms with Gasteiger partial charge >= 0.3 is 0 Å². The van der Waals surface area contributed by atoms with Gasteiger partial charge in [0.1, 0.15) is 5.69 Å². The number of aromatic amines is 1. The van der Waals surface area contributed by atoms with E-state index in [0.29, 0.717) is 17.7 Å². The second-order valence-electron chi connectivity index (χ2n) is 7.52. The number of amidine groups is 1. The predicted molar refractivity (Wildman–Crippen MR) is 107 cm³/mol. The Bertz CT molecular complexity index is 719. The molecule has 0 spiro atoms. The standard InChI is InChI=1S/C19H27N5OS/c1-13-6-2-3-7-15(13)21-19-23-22-17(12-26-19)14-10-16(20-11-14)18(25)24-8-4-5-9-24/h10-11,13,15,20H,2-9,12H2,1H3,(H,21,23)/t13-,15+/m1/s1. The Kier molecular flexibility index (Phi) is 5.33. The normalized spacial score (nSPS) is 28.1. The molecule has 1 aromatic heterocycles. The Labute approximate surface area is 158 Å². The first-order valence-corrected chi connectivity index (χ1v) is 10.7. The Morgan fingerprint density at radius 1 is 1.27 bits per heavy atom. The van der Waals surface area contributed by atoms with Gasteiger partial charge in [-0.1, -0.05) is 31.5 Å². The van der Waals surface area contributed by atoms with E-state index in [1.807, 2.05) is 17.2 Å². The molecule has 1 aliphatic carbocycles. The summed E-state index contributed by atoms with van der Waals surface area (Å²) in [6.07, 6.45) is 9.17. The highest BCUT2D eigenvalue weighted by Crippen LogP contribution is 2.27. The molecule has 1 saturated carbocycles. The van der Waals surface area contributed by atoms with Crippen LogP contribution in [0.2, 0.25) is 0 Å². The number of amides is 1. The van der Waals surface area contributed by atoms with E-state index in [2.05, 4.69) is 22.4 Å². The molecule has 2 fully saturated rings. The topological polar surface area (TPSA) is 72.8 Å². The van der Waals surface area contributed by atoms with Crippen molar-refractivity contribution in [3.8, 4) is 0 Å². The lowest BCUT2D eigenvalue weighted by Gasteiger charge is -2.26. The van der Waals surface area contributed by atoms with Crippen molar-refractivity contribution in [2.45, 2.75) is 51.5 Å². The summed E-state index contributed by atoms with van der Waals surface area (Å²) in [6.45, 7) is 4.03. The van der Waals surface area contributed by atoms with E-state index in [1.54, 1.807) is 11.8 Å². The number of nitrogens with one attached hydrogen (secondary N) is 2. The number of carbonyl (C=O) groups is 1. The molecule has 1 saturated heterocycles. The second kappa shape index (κ2) is 7.86. The molecule has 3 heterocycles. The molecule has 0 bridgehead atoms. The van der Waals surface area contributed by atoms with Gasteiger partial charge in [-0.2, -0.15) is 5.10 Å². The van der Waals surface area contributed by atoms with Crippen molar-refractivity contribution in [1.29, 1.82) is 0 Å². The van der Waals surface area contributed by atoms with E-state index in [1.165, 1.54) is 25.7 Å². The van der Waals surface area contributed by atoms with Gasteiger partial charge in [-0.05, 0) is 37.7 Å². The number of H-pyrrole nitrogens is 1. The van der Waals surface area contributed by atoms with Crippen molar-refractivity contribution in [1.82, 2.24) is 15.3 Å². The van der Waals surface area contributed by atoms with Gasteiger partial charge in [-0.3, -0.25) is 15.2 Å². The first-order chi connectivity index (χ1) is 12.7. The fourth-order valence-electron chi connectivity index (χ4n) is 3.94. The molecule has 0 unspecified atom stereocenters. The maximum atomic E-state index is 12.5. The van der Waals surface area contributed by atoms with Crippen LogP contribution in [0.15, 0.2) is 22.4 Å². The van der Waals surface area contributed by atoms with Crippen LogP contribution in [0.4, 0.5) is 0 Å². The number of rotatable bonds is 3. The van der Waals surface area contributed by atoms with Crippen LogP contribution in [0.25, 0.3) is 0 Å². The van der Waals surface area contributed by atoms with E-state index in [0.717, 1.165) is 48.1 Å². The minimum atomic E-state index is 0.0966. The number of likely N-dealkylation sites (tertiary alicyclic amines) is 1. The minimum Gasteiger partial charge on any atom is -0.357 e. The molecular weight excluding hydrogens is 346 g/mol. The van der Waals surface area contributed by atoms with E-state index in [-0.39, 0.29) is 5.91 Å². The molecular formula is C19H27N5OS. The van der Waals surface area contributed by atoms with E-state index in [4.69, 9.17) is 4.99 Å². The number of hydrogen-bond donors (Lipinski definition) is 2. The molecule has 2 atom stereocenters. The van der Waals surface area contributed by atoms with Gasteiger partial charge in [0.05, 0.1) is 11.8 Å². The van der Waals surface area contributed by atoms with Gasteiger partial charge in [-0.15, -0.1) is 0 Å². The van der Waals surface area contributed by atoms with Crippen LogP contribution in [0.1, 0.15) is 61.5 Å². The summed E-state index contributed by atoms with van der Waals surface area (Å²) in [6, 6.07) is 2.35. The van der Waals surface area contributed by atoms with Crippen LogP contribution < -0.4 is 5.43 Å². The summed E-state index contributed by atoms with van der Waals surface area (Å²) >= 11 is 1.70. The summed E-state index contributed by atoms with van der Waals surface area (Å²) in [5.74, 6) is 1.54. The highest BCUT2D eigenvalue weighted by atomic mass is 32.2. The van der Waals surface area contributed by atoms with Gasteiger partial charge < -0.3 is 9.88 Å². The van der Waals surface area contributed by atoms with E-state index < -0.39 is 0 Å². The molecule has 4 rings (SSSR count). The highest BCUT2D eigenvalue weighted by Gasteiger charge is 2.24. The number of nitrogens with zero attached hydrogens (tertiary/aromatic N) is 3. The van der Waals surface area contributed by atoms with Crippen LogP contribution in [0.3, 0.4) is 0 Å². The van der Waals surface area contributed by atoms with Gasteiger partial charge in [0.2, 0.25) is 0 Å². The summed E-state index contributed by atoms with van der Waals surface area (Å²) in [4.78, 5) is 22.4. The maximum Gasteiger partial charge on any atom is 0.270 e. The van der Waals surface area contributed by atoms with Crippen LogP contribution in [-0.4, -0.2) is 51.6 Å². The van der Waals surface area contributed by atoms with Crippen molar-refractivity contribution in [3.05, 3.63) is 23.5 Å². The molecule has 7 heteroatoms. The average Bonchev–Trinajstić information content (AvgIpc) is 3.36. The zero-order valence-electron chi connectivity index (χ0n) is 15.3. The van der Waals surface area contributed by atoms with Crippen LogP contribution in [0, 0.1) is 5.92 Å². The van der Waals surface area contributed by atoms with Gasteiger partial charge in [-0.25, -0.2) is 0 Å². The monoisotopic (exact) mass is 373 g/mol. The van der Waals surface area contributed by atoms with Crippen molar-refractivity contribution in [3.63, 3.8) is 0 Å². The molecule has 2 N–H and O–H groups in total. The fraction of sp³-hybridized carbons (Fsp3) is 0.632. The third kappa shape index (κ3) is 3.82. The Hall–Kier alpha value is -1.76. The Morgan fingerprint density at radius 3 is 2.81 bits per heavy atom. The molecule has 1 amide bonds. The van der Waals surface area contributed by atoms with Crippen LogP contribution in [0.5, 0.6) is 0 Å². The Morgan fingerprint density at radius 2 is 2.08 bits per heavy atom. The summed E-state index contributed by atoms with van der Waals surface area (Å²) in [5.41, 5.74) is 5.72. The number of hydrazone groups is 1. The molecule has 2 aliphatic heterocycles. The summed E-state index contributed by atoms with van der Waals surface area (Å²) in [7, 11) is 0. The van der Waals surface area contributed by atoms with E-state index >= 15 is 0 Å². The zero-order chi connectivity index (χ0) is 17.9. The number of aromatic nitrogens is 1. The van der Waals surface area contributed by atoms with Crippen molar-refractivity contribution in [2.75, 3.05) is 18.8 Å². The molecule has 0 aromatic carbocycles. The van der Waals surface area contributed by atoms with Crippen molar-refractivity contribution in [2.24, 2.45) is 16.0 Å². The number of carbonyl (C=O) groups excluding carboxylic acids is 1. The smallest absolute Gasteiger partial charge is 0.270 e. The lowest BCUT2D eigenvalue weighted by molar-refractivity contribution is 0.0787. The molecule has 0 radical (unpaired) electrons. The first-order valence-electron chi connectivity index (χ1n) is 9.72. The first kappa shape index (κ1) is 17.6. The highest BCUT2D eigenvalue weighted by molar-refractivity contribution is 8.14. The van der Waals surface area contributed by atoms with Crippen LogP contribution >= 0.6 is 11.8 Å². The lowest BCUT2D eigenvalue weighted by Crippen LogP contribution is -2.29. The zero-order valence-corrected chi connectivity index (χ0v) is 16.1. The molecule has 26 heavy (non-hydrogen) atoms. The molecule has 6 nitrogen and oxygen atoms in total. The largest absolute Gasteiger partial charge is 0.357 e. The Balaban J connectivity index is 1.40. The third-order valence-electron chi connectivity index (χ3n) is 5.62. The second-order valence-corrected chi connectivity index (χ2v) is 8.49. The number of thioether (sulfide) groups is 1. The fourth-order valence-corrected chi connectivity index (χ4v) is 4.77. The van der Waals surface area contributed by atoms with Crippen LogP contribution in [-0.2, 0) is 0 Å². The number of hydrogen-bond acceptors (Lipinski definition) is 4. The molecule has 1 aromatic rings. The maximum absolute atomic E-state index is 12.5. The average molecular weight is 374 g/mol. The molecule has 3 aliphatic rings. The van der Waals surface area contributed by atoms with Crippen molar-refractivity contribution >= 4 is 28.5 Å². The van der Waals surface area contributed by atoms with Gasteiger partial charge in [0, 0.05) is 30.6 Å². The SMILES string of the molecule is C[C@@H]1CCCC[C@@H]1N=C1NN=C(c2c[nH]c(C(=O)N3CCCC3)c2)CS1.